The lowest BCUT2D eigenvalue weighted by atomic mass is 10.1. The predicted octanol–water partition coefficient (Wildman–Crippen LogP) is 3.69. The van der Waals surface area contributed by atoms with Crippen molar-refractivity contribution in [3.8, 4) is 0 Å². The van der Waals surface area contributed by atoms with Crippen LogP contribution in [-0.2, 0) is 6.42 Å². The molecule has 3 aromatic rings. The van der Waals surface area contributed by atoms with Crippen LogP contribution in [-0.4, -0.2) is 11.8 Å². The van der Waals surface area contributed by atoms with Gasteiger partial charge >= 0.3 is 5.91 Å². The third kappa shape index (κ3) is 3.26. The molecule has 25 heavy (non-hydrogen) atoms. The van der Waals surface area contributed by atoms with Gasteiger partial charge in [0.05, 0.1) is 0 Å². The summed E-state index contributed by atoms with van der Waals surface area (Å²) in [6.07, 6.45) is 0.906. The molecular weight excluding hydrogens is 316 g/mol. The minimum Gasteiger partial charge on any atom is -0.450 e. The van der Waals surface area contributed by atoms with Gasteiger partial charge in [-0.3, -0.25) is 20.4 Å². The number of carbonyl (C=O) groups is 2. The molecule has 0 saturated carbocycles. The second kappa shape index (κ2) is 6.81. The lowest BCUT2D eigenvalue weighted by Crippen LogP contribution is -2.41. The molecule has 0 aliphatic heterocycles. The number of hydrogen-bond acceptors (Lipinski definition) is 3. The molecule has 1 heterocycles. The summed E-state index contributed by atoms with van der Waals surface area (Å²) in [4.78, 5) is 24.5. The van der Waals surface area contributed by atoms with Crippen molar-refractivity contribution in [3.05, 3.63) is 70.5 Å². The first kappa shape index (κ1) is 16.8. The standard InChI is InChI=1S/C20H20N2O3/c1-4-14-8-10-15(11-9-14)19(23)21-22-20(24)18-13(3)16-7-5-6-12(2)17(16)25-18/h5-11H,4H2,1-3H3,(H,21,23)(H,22,24). The fourth-order valence-electron chi connectivity index (χ4n) is 2.74. The summed E-state index contributed by atoms with van der Waals surface area (Å²) in [7, 11) is 0. The first-order chi connectivity index (χ1) is 12.0. The van der Waals surface area contributed by atoms with Gasteiger partial charge in [-0.25, -0.2) is 0 Å². The number of nitrogens with one attached hydrogen (secondary N) is 2. The third-order valence-corrected chi connectivity index (χ3v) is 4.28. The molecule has 3 rings (SSSR count). The molecule has 5 heteroatoms. The van der Waals surface area contributed by atoms with Crippen LogP contribution in [0.25, 0.3) is 11.0 Å². The normalized spacial score (nSPS) is 10.7. The molecular formula is C20H20N2O3. The molecule has 5 nitrogen and oxygen atoms in total. The highest BCUT2D eigenvalue weighted by atomic mass is 16.3. The minimum absolute atomic E-state index is 0.200. The van der Waals surface area contributed by atoms with Gasteiger partial charge in [0.2, 0.25) is 0 Å². The molecule has 0 atom stereocenters. The highest BCUT2D eigenvalue weighted by Gasteiger charge is 2.19. The maximum absolute atomic E-state index is 12.4. The molecule has 0 saturated heterocycles. The summed E-state index contributed by atoms with van der Waals surface area (Å²) in [5.74, 6) is -0.654. The lowest BCUT2D eigenvalue weighted by Gasteiger charge is -2.07. The maximum atomic E-state index is 12.4. The number of amides is 2. The Kier molecular flexibility index (Phi) is 4.57. The smallest absolute Gasteiger partial charge is 0.305 e. The van der Waals surface area contributed by atoms with Crippen LogP contribution in [0.4, 0.5) is 0 Å². The van der Waals surface area contributed by atoms with Crippen molar-refractivity contribution >= 4 is 22.8 Å². The van der Waals surface area contributed by atoms with Crippen LogP contribution >= 0.6 is 0 Å². The predicted molar refractivity (Wildman–Crippen MR) is 96.4 cm³/mol. The Morgan fingerprint density at radius 2 is 1.64 bits per heavy atom. The van der Waals surface area contributed by atoms with E-state index in [9.17, 15) is 9.59 Å². The Morgan fingerprint density at radius 3 is 2.28 bits per heavy atom. The van der Waals surface area contributed by atoms with Crippen molar-refractivity contribution in [3.63, 3.8) is 0 Å². The first-order valence-corrected chi connectivity index (χ1v) is 8.19. The van der Waals surface area contributed by atoms with Crippen molar-refractivity contribution in [1.29, 1.82) is 0 Å². The second-order valence-corrected chi connectivity index (χ2v) is 5.97. The molecule has 0 radical (unpaired) electrons. The van der Waals surface area contributed by atoms with Crippen molar-refractivity contribution in [2.45, 2.75) is 27.2 Å². The summed E-state index contributed by atoms with van der Waals surface area (Å²) >= 11 is 0. The van der Waals surface area contributed by atoms with Crippen LogP contribution < -0.4 is 10.9 Å². The van der Waals surface area contributed by atoms with Crippen LogP contribution in [0.1, 0.15) is 44.5 Å². The van der Waals surface area contributed by atoms with Crippen LogP contribution in [0.15, 0.2) is 46.9 Å². The molecule has 1 aromatic heterocycles. The molecule has 0 fully saturated rings. The number of rotatable bonds is 3. The number of carbonyl (C=O) groups excluding carboxylic acids is 2. The Hall–Kier alpha value is -3.08. The van der Waals surface area contributed by atoms with E-state index in [-0.39, 0.29) is 11.7 Å². The summed E-state index contributed by atoms with van der Waals surface area (Å²) in [5, 5.41) is 0.895. The van der Waals surface area contributed by atoms with Crippen LogP contribution in [0.5, 0.6) is 0 Å². The number of aryl methyl sites for hydroxylation is 3. The lowest BCUT2D eigenvalue weighted by molar-refractivity contribution is 0.0831. The van der Waals surface area contributed by atoms with Crippen LogP contribution in [0.3, 0.4) is 0 Å². The maximum Gasteiger partial charge on any atom is 0.305 e. The molecule has 0 aliphatic rings. The van der Waals surface area contributed by atoms with E-state index in [4.69, 9.17) is 4.42 Å². The SMILES string of the molecule is CCc1ccc(C(=O)NNC(=O)c2oc3c(C)cccc3c2C)cc1. The summed E-state index contributed by atoms with van der Waals surface area (Å²) in [6, 6.07) is 13.0. The highest BCUT2D eigenvalue weighted by Crippen LogP contribution is 2.27. The van der Waals surface area contributed by atoms with E-state index in [1.54, 1.807) is 12.1 Å². The molecule has 128 valence electrons. The number of hydrogen-bond donors (Lipinski definition) is 2. The van der Waals surface area contributed by atoms with Crippen molar-refractivity contribution in [2.24, 2.45) is 0 Å². The topological polar surface area (TPSA) is 71.3 Å². The number of fused-ring (bicyclic) bond motifs is 1. The summed E-state index contributed by atoms with van der Waals surface area (Å²) in [5.41, 5.74) is 8.86. The Balaban J connectivity index is 1.73. The first-order valence-electron chi connectivity index (χ1n) is 8.19. The Morgan fingerprint density at radius 1 is 0.960 bits per heavy atom. The van der Waals surface area contributed by atoms with Crippen molar-refractivity contribution in [2.75, 3.05) is 0 Å². The quantitative estimate of drug-likeness (QED) is 0.717. The third-order valence-electron chi connectivity index (χ3n) is 4.28. The van der Waals surface area contributed by atoms with Gasteiger partial charge in [-0.2, -0.15) is 0 Å². The molecule has 2 aromatic carbocycles. The van der Waals surface area contributed by atoms with Crippen molar-refractivity contribution < 1.29 is 14.0 Å². The monoisotopic (exact) mass is 336 g/mol. The zero-order chi connectivity index (χ0) is 18.0. The van der Waals surface area contributed by atoms with Crippen LogP contribution in [0.2, 0.25) is 0 Å². The second-order valence-electron chi connectivity index (χ2n) is 5.97. The molecule has 0 aliphatic carbocycles. The number of para-hydroxylation sites is 1. The molecule has 2 N–H and O–H groups in total. The zero-order valence-corrected chi connectivity index (χ0v) is 14.5. The largest absolute Gasteiger partial charge is 0.450 e. The molecule has 0 bridgehead atoms. The van der Waals surface area contributed by atoms with Gasteiger partial charge in [0, 0.05) is 16.5 Å². The minimum atomic E-state index is -0.480. The van der Waals surface area contributed by atoms with Gasteiger partial charge in [0.15, 0.2) is 5.76 Å². The van der Waals surface area contributed by atoms with E-state index in [2.05, 4.69) is 10.9 Å². The van der Waals surface area contributed by atoms with Crippen molar-refractivity contribution in [1.82, 2.24) is 10.9 Å². The van der Waals surface area contributed by atoms with Gasteiger partial charge in [-0.15, -0.1) is 0 Å². The van der Waals surface area contributed by atoms with E-state index in [1.165, 1.54) is 0 Å². The van der Waals surface area contributed by atoms with E-state index in [0.29, 0.717) is 11.1 Å². The number of benzene rings is 2. The summed E-state index contributed by atoms with van der Waals surface area (Å²) in [6.45, 7) is 5.80. The fraction of sp³-hybridized carbons (Fsp3) is 0.200. The zero-order valence-electron chi connectivity index (χ0n) is 14.5. The van der Waals surface area contributed by atoms with Gasteiger partial charge in [0.1, 0.15) is 5.58 Å². The molecule has 0 unspecified atom stereocenters. The van der Waals surface area contributed by atoms with E-state index >= 15 is 0 Å². The van der Waals surface area contributed by atoms with E-state index in [1.807, 2.05) is 51.1 Å². The Labute approximate surface area is 146 Å². The number of hydrazine groups is 1. The van der Waals surface area contributed by atoms with Gasteiger partial charge in [0.25, 0.3) is 5.91 Å². The average Bonchev–Trinajstić information content (AvgIpc) is 2.98. The van der Waals surface area contributed by atoms with E-state index < -0.39 is 5.91 Å². The summed E-state index contributed by atoms with van der Waals surface area (Å²) < 4.78 is 5.70. The average molecular weight is 336 g/mol. The van der Waals surface area contributed by atoms with Gasteiger partial charge in [-0.1, -0.05) is 37.3 Å². The van der Waals surface area contributed by atoms with Gasteiger partial charge < -0.3 is 4.42 Å². The highest BCUT2D eigenvalue weighted by molar-refractivity contribution is 6.01. The molecule has 2 amide bonds. The van der Waals surface area contributed by atoms with E-state index in [0.717, 1.165) is 28.5 Å². The molecule has 0 spiro atoms. The van der Waals surface area contributed by atoms with Gasteiger partial charge in [-0.05, 0) is 43.5 Å². The number of furan rings is 1. The Bertz CT molecular complexity index is 939. The van der Waals surface area contributed by atoms with Crippen LogP contribution in [0, 0.1) is 13.8 Å². The fourth-order valence-corrected chi connectivity index (χ4v) is 2.74.